The Morgan fingerprint density at radius 2 is 1.71 bits per heavy atom. The summed E-state index contributed by atoms with van der Waals surface area (Å²) in [6.07, 6.45) is -3.65. The number of carbonyl (C=O) groups excluding carboxylic acids is 1. The molecule has 0 atom stereocenters. The van der Waals surface area contributed by atoms with Gasteiger partial charge in [0.05, 0.1) is 5.56 Å². The van der Waals surface area contributed by atoms with Crippen molar-refractivity contribution in [2.24, 2.45) is 0 Å². The van der Waals surface area contributed by atoms with Gasteiger partial charge in [-0.3, -0.25) is 4.79 Å². The van der Waals surface area contributed by atoms with Gasteiger partial charge in [0.25, 0.3) is 0 Å². The van der Waals surface area contributed by atoms with E-state index in [9.17, 15) is 18.0 Å². The van der Waals surface area contributed by atoms with Gasteiger partial charge in [-0.25, -0.2) is 4.98 Å². The van der Waals surface area contributed by atoms with Gasteiger partial charge in [0, 0.05) is 26.6 Å². The second kappa shape index (κ2) is 7.70. The quantitative estimate of drug-likeness (QED) is 0.677. The van der Waals surface area contributed by atoms with E-state index in [1.165, 1.54) is 6.92 Å². The number of rotatable bonds is 7. The third-order valence-corrected chi connectivity index (χ3v) is 2.51. The highest BCUT2D eigenvalue weighted by molar-refractivity contribution is 5.72. The lowest BCUT2D eigenvalue weighted by atomic mass is 10.2. The largest absolute Gasteiger partial charge is 0.416 e. The van der Waals surface area contributed by atoms with Gasteiger partial charge >= 0.3 is 6.18 Å². The molecule has 8 heteroatoms. The Bertz CT molecular complexity index is 477. The van der Waals surface area contributed by atoms with Crippen LogP contribution in [-0.2, 0) is 11.0 Å². The second-order valence-corrected chi connectivity index (χ2v) is 4.46. The van der Waals surface area contributed by atoms with Gasteiger partial charge < -0.3 is 16.0 Å². The van der Waals surface area contributed by atoms with Gasteiger partial charge in [0.1, 0.15) is 11.6 Å². The van der Waals surface area contributed by atoms with Gasteiger partial charge in [-0.2, -0.15) is 13.2 Å². The van der Waals surface area contributed by atoms with Crippen LogP contribution < -0.4 is 16.0 Å². The van der Waals surface area contributed by atoms with Crippen LogP contribution in [0.2, 0.25) is 0 Å². The van der Waals surface area contributed by atoms with Crippen molar-refractivity contribution < 1.29 is 18.0 Å². The van der Waals surface area contributed by atoms with Crippen LogP contribution in [0.3, 0.4) is 0 Å². The van der Waals surface area contributed by atoms with Crippen molar-refractivity contribution in [1.29, 1.82) is 0 Å². The second-order valence-electron chi connectivity index (χ2n) is 4.46. The molecule has 1 aromatic rings. The van der Waals surface area contributed by atoms with Crippen LogP contribution in [0.15, 0.2) is 12.1 Å². The lowest BCUT2D eigenvalue weighted by Gasteiger charge is -2.13. The minimum absolute atomic E-state index is 0.119. The number of pyridine rings is 1. The molecule has 1 aromatic heterocycles. The lowest BCUT2D eigenvalue weighted by molar-refractivity contribution is -0.137. The molecule has 1 amide bonds. The topological polar surface area (TPSA) is 66.0 Å². The first-order valence-electron chi connectivity index (χ1n) is 6.64. The van der Waals surface area contributed by atoms with Crippen LogP contribution in [0.4, 0.5) is 24.8 Å². The van der Waals surface area contributed by atoms with Gasteiger partial charge in [0.2, 0.25) is 5.91 Å². The molecule has 1 rings (SSSR count). The fraction of sp³-hybridized carbons (Fsp3) is 0.538. The molecular weight excluding hydrogens is 285 g/mol. The summed E-state index contributed by atoms with van der Waals surface area (Å²) < 4.78 is 38.5. The molecule has 0 aromatic carbocycles. The first-order valence-corrected chi connectivity index (χ1v) is 6.64. The molecule has 118 valence electrons. The monoisotopic (exact) mass is 304 g/mol. The molecule has 21 heavy (non-hydrogen) atoms. The predicted molar refractivity (Wildman–Crippen MR) is 75.2 cm³/mol. The van der Waals surface area contributed by atoms with Crippen molar-refractivity contribution in [3.05, 3.63) is 17.7 Å². The molecule has 0 fully saturated rings. The molecule has 0 saturated heterocycles. The predicted octanol–water partition coefficient (Wildman–Crippen LogP) is 2.47. The summed E-state index contributed by atoms with van der Waals surface area (Å²) in [7, 11) is 0. The SMILES string of the molecule is CCCNc1cc(C(F)(F)F)cc(NCCNC(C)=O)n1. The zero-order valence-corrected chi connectivity index (χ0v) is 12.0. The number of aromatic nitrogens is 1. The number of hydrogen-bond donors (Lipinski definition) is 3. The molecule has 0 aliphatic carbocycles. The molecule has 0 saturated carbocycles. The average Bonchev–Trinajstić information content (AvgIpc) is 2.40. The van der Waals surface area contributed by atoms with Crippen LogP contribution in [0.1, 0.15) is 25.8 Å². The van der Waals surface area contributed by atoms with E-state index in [1.54, 1.807) is 0 Å². The molecule has 1 heterocycles. The smallest absolute Gasteiger partial charge is 0.370 e. The maximum absolute atomic E-state index is 12.8. The van der Waals surface area contributed by atoms with E-state index in [2.05, 4.69) is 20.9 Å². The van der Waals surface area contributed by atoms with Crippen LogP contribution in [-0.4, -0.2) is 30.5 Å². The van der Waals surface area contributed by atoms with E-state index in [0.717, 1.165) is 18.6 Å². The number of alkyl halides is 3. The van der Waals surface area contributed by atoms with Crippen molar-refractivity contribution in [3.63, 3.8) is 0 Å². The Morgan fingerprint density at radius 3 is 2.19 bits per heavy atom. The number of nitrogens with zero attached hydrogens (tertiary/aromatic N) is 1. The van der Waals surface area contributed by atoms with Gasteiger partial charge in [-0.1, -0.05) is 6.92 Å². The molecule has 0 bridgehead atoms. The number of hydrogen-bond acceptors (Lipinski definition) is 4. The third-order valence-electron chi connectivity index (χ3n) is 2.51. The van der Waals surface area contributed by atoms with Crippen molar-refractivity contribution in [2.45, 2.75) is 26.4 Å². The Labute approximate surface area is 121 Å². The lowest BCUT2D eigenvalue weighted by Crippen LogP contribution is -2.26. The Hall–Kier alpha value is -1.99. The molecule has 0 radical (unpaired) electrons. The highest BCUT2D eigenvalue weighted by atomic mass is 19.4. The zero-order valence-electron chi connectivity index (χ0n) is 12.0. The minimum Gasteiger partial charge on any atom is -0.370 e. The summed E-state index contributed by atoms with van der Waals surface area (Å²) in [5.74, 6) is 0.0987. The van der Waals surface area contributed by atoms with E-state index < -0.39 is 11.7 Å². The Kier molecular flexibility index (Phi) is 6.26. The maximum Gasteiger partial charge on any atom is 0.416 e. The molecule has 3 N–H and O–H groups in total. The number of carbonyl (C=O) groups is 1. The van der Waals surface area contributed by atoms with E-state index in [-0.39, 0.29) is 17.5 Å². The van der Waals surface area contributed by atoms with E-state index in [4.69, 9.17) is 0 Å². The average molecular weight is 304 g/mol. The Balaban J connectivity index is 2.78. The third kappa shape index (κ3) is 6.33. The summed E-state index contributed by atoms with van der Waals surface area (Å²) in [6, 6.07) is 1.93. The van der Waals surface area contributed by atoms with Crippen LogP contribution >= 0.6 is 0 Å². The van der Waals surface area contributed by atoms with E-state index in [1.807, 2.05) is 6.92 Å². The van der Waals surface area contributed by atoms with E-state index >= 15 is 0 Å². The van der Waals surface area contributed by atoms with Crippen LogP contribution in [0, 0.1) is 0 Å². The zero-order chi connectivity index (χ0) is 15.9. The maximum atomic E-state index is 12.8. The summed E-state index contributed by atoms with van der Waals surface area (Å²) >= 11 is 0. The fourth-order valence-corrected chi connectivity index (χ4v) is 1.56. The number of halogens is 3. The number of amides is 1. The van der Waals surface area contributed by atoms with Gasteiger partial charge in [0.15, 0.2) is 0 Å². The highest BCUT2D eigenvalue weighted by Gasteiger charge is 2.31. The van der Waals surface area contributed by atoms with Crippen molar-refractivity contribution >= 4 is 17.5 Å². The summed E-state index contributed by atoms with van der Waals surface area (Å²) in [5.41, 5.74) is -0.766. The van der Waals surface area contributed by atoms with Crippen LogP contribution in [0.25, 0.3) is 0 Å². The molecular formula is C13H19F3N4O. The molecule has 0 aliphatic heterocycles. The van der Waals surface area contributed by atoms with Crippen molar-refractivity contribution in [3.8, 4) is 0 Å². The fourth-order valence-electron chi connectivity index (χ4n) is 1.56. The molecule has 0 unspecified atom stereocenters. The van der Waals surface area contributed by atoms with Crippen molar-refractivity contribution in [2.75, 3.05) is 30.3 Å². The first kappa shape index (κ1) is 17.1. The normalized spacial score (nSPS) is 11.1. The minimum atomic E-state index is -4.43. The van der Waals surface area contributed by atoms with E-state index in [0.29, 0.717) is 19.6 Å². The summed E-state index contributed by atoms with van der Waals surface area (Å²) in [6.45, 7) is 4.42. The van der Waals surface area contributed by atoms with Crippen LogP contribution in [0.5, 0.6) is 0 Å². The summed E-state index contributed by atoms with van der Waals surface area (Å²) in [4.78, 5) is 14.8. The molecule has 0 aliphatic rings. The van der Waals surface area contributed by atoms with Gasteiger partial charge in [-0.15, -0.1) is 0 Å². The highest BCUT2D eigenvalue weighted by Crippen LogP contribution is 2.31. The molecule has 0 spiro atoms. The van der Waals surface area contributed by atoms with Crippen molar-refractivity contribution in [1.82, 2.24) is 10.3 Å². The Morgan fingerprint density at radius 1 is 1.14 bits per heavy atom. The number of nitrogens with one attached hydrogen (secondary N) is 3. The summed E-state index contributed by atoms with van der Waals surface area (Å²) in [5, 5.41) is 8.14. The standard InChI is InChI=1S/C13H19F3N4O/c1-3-4-18-11-7-10(13(14,15)16)8-12(20-11)19-6-5-17-9(2)21/h7-8H,3-6H2,1-2H3,(H,17,21)(H2,18,19,20). The number of anilines is 2. The first-order chi connectivity index (χ1) is 9.82. The molecule has 5 nitrogen and oxygen atoms in total. The van der Waals surface area contributed by atoms with Gasteiger partial charge in [-0.05, 0) is 18.6 Å².